The normalized spacial score (nSPS) is 10.0. The van der Waals surface area contributed by atoms with Crippen molar-refractivity contribution in [3.8, 4) is 17.2 Å². The predicted molar refractivity (Wildman–Crippen MR) is 89.3 cm³/mol. The van der Waals surface area contributed by atoms with Crippen molar-refractivity contribution in [2.24, 2.45) is 0 Å². The molecule has 0 saturated carbocycles. The molecular weight excluding hydrogens is 294 g/mol. The van der Waals surface area contributed by atoms with Gasteiger partial charge in [0, 0.05) is 12.1 Å². The maximum Gasteiger partial charge on any atom is 0.224 e. The van der Waals surface area contributed by atoms with E-state index in [9.17, 15) is 4.79 Å². The van der Waals surface area contributed by atoms with Crippen LogP contribution in [0.1, 0.15) is 12.8 Å². The highest BCUT2D eigenvalue weighted by Crippen LogP contribution is 2.17. The average Bonchev–Trinajstić information content (AvgIpc) is 2.60. The summed E-state index contributed by atoms with van der Waals surface area (Å²) in [6.07, 6.45) is 1.05. The first-order valence-corrected chi connectivity index (χ1v) is 7.42. The van der Waals surface area contributed by atoms with E-state index in [-0.39, 0.29) is 5.91 Å². The second-order valence-electron chi connectivity index (χ2n) is 4.90. The molecule has 23 heavy (non-hydrogen) atoms. The third-order valence-corrected chi connectivity index (χ3v) is 3.25. The number of hydrogen-bond donors (Lipinski definition) is 1. The minimum Gasteiger partial charge on any atom is -0.497 e. The zero-order valence-electron chi connectivity index (χ0n) is 13.4. The molecule has 0 aromatic heterocycles. The fraction of sp³-hybridized carbons (Fsp3) is 0.278. The van der Waals surface area contributed by atoms with Crippen LogP contribution in [0.2, 0.25) is 0 Å². The van der Waals surface area contributed by atoms with Gasteiger partial charge < -0.3 is 19.5 Å². The lowest BCUT2D eigenvalue weighted by molar-refractivity contribution is -0.116. The largest absolute Gasteiger partial charge is 0.497 e. The van der Waals surface area contributed by atoms with E-state index < -0.39 is 0 Å². The molecule has 0 aliphatic heterocycles. The van der Waals surface area contributed by atoms with Crippen LogP contribution in [0.5, 0.6) is 17.2 Å². The van der Waals surface area contributed by atoms with Crippen molar-refractivity contribution in [3.05, 3.63) is 48.5 Å². The van der Waals surface area contributed by atoms with E-state index in [0.29, 0.717) is 19.4 Å². The van der Waals surface area contributed by atoms with E-state index in [0.717, 1.165) is 22.9 Å². The lowest BCUT2D eigenvalue weighted by Crippen LogP contribution is -2.12. The van der Waals surface area contributed by atoms with Crippen LogP contribution in [0, 0.1) is 0 Å². The van der Waals surface area contributed by atoms with Crippen LogP contribution in [0.3, 0.4) is 0 Å². The van der Waals surface area contributed by atoms with Crippen LogP contribution in [0.25, 0.3) is 0 Å². The molecule has 5 heteroatoms. The summed E-state index contributed by atoms with van der Waals surface area (Å²) in [5.74, 6) is 2.28. The van der Waals surface area contributed by atoms with Crippen molar-refractivity contribution in [1.82, 2.24) is 0 Å². The van der Waals surface area contributed by atoms with Crippen molar-refractivity contribution in [2.75, 3.05) is 26.1 Å². The molecule has 0 heterocycles. The summed E-state index contributed by atoms with van der Waals surface area (Å²) >= 11 is 0. The number of ether oxygens (including phenoxy) is 3. The number of anilines is 1. The smallest absolute Gasteiger partial charge is 0.224 e. The zero-order valence-corrected chi connectivity index (χ0v) is 13.4. The molecule has 0 radical (unpaired) electrons. The first-order chi connectivity index (χ1) is 11.2. The van der Waals surface area contributed by atoms with E-state index in [2.05, 4.69) is 5.32 Å². The van der Waals surface area contributed by atoms with Gasteiger partial charge in [0.05, 0.1) is 20.8 Å². The number of carbonyl (C=O) groups excluding carboxylic acids is 1. The standard InChI is InChI=1S/C18H21NO4/c1-21-15-7-5-14(6-8-15)19-18(20)4-3-13-23-17-11-9-16(22-2)10-12-17/h5-12H,3-4,13H2,1-2H3,(H,19,20). The summed E-state index contributed by atoms with van der Waals surface area (Å²) in [4.78, 5) is 11.8. The highest BCUT2D eigenvalue weighted by Gasteiger charge is 2.03. The van der Waals surface area contributed by atoms with E-state index in [4.69, 9.17) is 14.2 Å². The van der Waals surface area contributed by atoms with Crippen molar-refractivity contribution in [3.63, 3.8) is 0 Å². The topological polar surface area (TPSA) is 56.8 Å². The number of rotatable bonds is 8. The van der Waals surface area contributed by atoms with Gasteiger partial charge >= 0.3 is 0 Å². The molecule has 0 unspecified atom stereocenters. The van der Waals surface area contributed by atoms with Crippen molar-refractivity contribution >= 4 is 11.6 Å². The zero-order chi connectivity index (χ0) is 16.5. The lowest BCUT2D eigenvalue weighted by Gasteiger charge is -2.08. The first kappa shape index (κ1) is 16.7. The van der Waals surface area contributed by atoms with Crippen LogP contribution in [0.4, 0.5) is 5.69 Å². The molecule has 0 aliphatic rings. The lowest BCUT2D eigenvalue weighted by atomic mass is 10.2. The molecule has 0 aliphatic carbocycles. The van der Waals surface area contributed by atoms with Gasteiger partial charge in [-0.15, -0.1) is 0 Å². The van der Waals surface area contributed by atoms with E-state index >= 15 is 0 Å². The summed E-state index contributed by atoms with van der Waals surface area (Å²) in [5, 5.41) is 2.84. The fourth-order valence-electron chi connectivity index (χ4n) is 1.99. The van der Waals surface area contributed by atoms with Gasteiger partial charge in [0.1, 0.15) is 17.2 Å². The molecule has 0 saturated heterocycles. The molecule has 0 fully saturated rings. The summed E-state index contributed by atoms with van der Waals surface area (Å²) < 4.78 is 15.7. The Kier molecular flexibility index (Phi) is 6.29. The van der Waals surface area contributed by atoms with Crippen LogP contribution >= 0.6 is 0 Å². The minimum atomic E-state index is -0.0338. The SMILES string of the molecule is COc1ccc(NC(=O)CCCOc2ccc(OC)cc2)cc1. The molecule has 5 nitrogen and oxygen atoms in total. The number of methoxy groups -OCH3 is 2. The summed E-state index contributed by atoms with van der Waals surface area (Å²) in [7, 11) is 3.23. The van der Waals surface area contributed by atoms with Crippen molar-refractivity contribution < 1.29 is 19.0 Å². The quantitative estimate of drug-likeness (QED) is 0.758. The fourth-order valence-corrected chi connectivity index (χ4v) is 1.99. The number of carbonyl (C=O) groups is 1. The molecule has 1 N–H and O–H groups in total. The third kappa shape index (κ3) is 5.54. The van der Waals surface area contributed by atoms with Gasteiger partial charge in [-0.1, -0.05) is 0 Å². The van der Waals surface area contributed by atoms with Crippen LogP contribution < -0.4 is 19.5 Å². The van der Waals surface area contributed by atoms with Crippen LogP contribution in [-0.4, -0.2) is 26.7 Å². The maximum absolute atomic E-state index is 11.8. The summed E-state index contributed by atoms with van der Waals surface area (Å²) in [6.45, 7) is 0.488. The molecule has 122 valence electrons. The van der Waals surface area contributed by atoms with Gasteiger partial charge in [-0.25, -0.2) is 0 Å². The maximum atomic E-state index is 11.8. The number of hydrogen-bond acceptors (Lipinski definition) is 4. The van der Waals surface area contributed by atoms with Crippen molar-refractivity contribution in [2.45, 2.75) is 12.8 Å². The Hall–Kier alpha value is -2.69. The van der Waals surface area contributed by atoms with E-state index in [1.54, 1.807) is 14.2 Å². The average molecular weight is 315 g/mol. The Morgan fingerprint density at radius 1 is 0.870 bits per heavy atom. The molecular formula is C18H21NO4. The Bertz CT molecular complexity index is 608. The highest BCUT2D eigenvalue weighted by atomic mass is 16.5. The minimum absolute atomic E-state index is 0.0338. The predicted octanol–water partition coefficient (Wildman–Crippen LogP) is 3.50. The second kappa shape index (κ2) is 8.68. The number of amides is 1. The number of nitrogens with one attached hydrogen (secondary N) is 1. The summed E-state index contributed by atoms with van der Waals surface area (Å²) in [5.41, 5.74) is 0.756. The van der Waals surface area contributed by atoms with Gasteiger partial charge in [-0.05, 0) is 55.0 Å². The van der Waals surface area contributed by atoms with E-state index in [1.807, 2.05) is 48.5 Å². The molecule has 2 rings (SSSR count). The Labute approximate surface area is 136 Å². The molecule has 2 aromatic carbocycles. The Morgan fingerprint density at radius 2 is 1.39 bits per heavy atom. The van der Waals surface area contributed by atoms with Gasteiger partial charge in [0.15, 0.2) is 0 Å². The number of benzene rings is 2. The van der Waals surface area contributed by atoms with Crippen LogP contribution in [-0.2, 0) is 4.79 Å². The third-order valence-electron chi connectivity index (χ3n) is 3.25. The van der Waals surface area contributed by atoms with Gasteiger partial charge in [0.25, 0.3) is 0 Å². The van der Waals surface area contributed by atoms with Gasteiger partial charge in [0.2, 0.25) is 5.91 Å². The van der Waals surface area contributed by atoms with Gasteiger partial charge in [-0.2, -0.15) is 0 Å². The van der Waals surface area contributed by atoms with Crippen LogP contribution in [0.15, 0.2) is 48.5 Å². The van der Waals surface area contributed by atoms with Gasteiger partial charge in [-0.3, -0.25) is 4.79 Å². The second-order valence-corrected chi connectivity index (χ2v) is 4.90. The molecule has 2 aromatic rings. The Morgan fingerprint density at radius 3 is 1.96 bits per heavy atom. The monoisotopic (exact) mass is 315 g/mol. The Balaban J connectivity index is 1.67. The molecule has 0 spiro atoms. The van der Waals surface area contributed by atoms with E-state index in [1.165, 1.54) is 0 Å². The molecule has 0 atom stereocenters. The van der Waals surface area contributed by atoms with Crippen molar-refractivity contribution in [1.29, 1.82) is 0 Å². The first-order valence-electron chi connectivity index (χ1n) is 7.42. The molecule has 1 amide bonds. The molecule has 0 bridgehead atoms. The highest BCUT2D eigenvalue weighted by molar-refractivity contribution is 5.90. The summed E-state index contributed by atoms with van der Waals surface area (Å²) in [6, 6.07) is 14.6.